The van der Waals surface area contributed by atoms with Gasteiger partial charge in [0.05, 0.1) is 33.7 Å². The Labute approximate surface area is 206 Å². The number of hydrogen-bond acceptors (Lipinski definition) is 4. The number of pyridine rings is 1. The van der Waals surface area contributed by atoms with Gasteiger partial charge in [-0.1, -0.05) is 32.0 Å². The van der Waals surface area contributed by atoms with Gasteiger partial charge in [-0.3, -0.25) is 9.78 Å². The van der Waals surface area contributed by atoms with Crippen molar-refractivity contribution in [2.75, 3.05) is 6.61 Å². The van der Waals surface area contributed by atoms with Gasteiger partial charge < -0.3 is 10.1 Å². The first-order chi connectivity index (χ1) is 16.7. The summed E-state index contributed by atoms with van der Waals surface area (Å²) in [6.07, 6.45) is -0.398. The average molecular weight is 503 g/mol. The summed E-state index contributed by atoms with van der Waals surface area (Å²) in [4.78, 5) is 18.8. The Balaban J connectivity index is 1.46. The third-order valence-corrected chi connectivity index (χ3v) is 8.56. The maximum absolute atomic E-state index is 13.6. The van der Waals surface area contributed by atoms with Crippen LogP contribution in [0.5, 0.6) is 5.75 Å². The molecule has 0 radical (unpaired) electrons. The van der Waals surface area contributed by atoms with Gasteiger partial charge in [-0.05, 0) is 55.2 Å². The number of nitrogens with zero attached hydrogens (tertiary/aromatic N) is 1. The molecule has 2 aromatic heterocycles. The smallest absolute Gasteiger partial charge is 0.391 e. The molecule has 1 saturated carbocycles. The molecule has 1 aliphatic carbocycles. The summed E-state index contributed by atoms with van der Waals surface area (Å²) in [7, 11) is 0. The van der Waals surface area contributed by atoms with Crippen molar-refractivity contribution in [3.63, 3.8) is 0 Å². The molecule has 0 bridgehead atoms. The first kappa shape index (κ1) is 24.1. The van der Waals surface area contributed by atoms with E-state index in [1.54, 1.807) is 6.20 Å². The Morgan fingerprint density at radius 2 is 1.83 bits per heavy atom. The maximum atomic E-state index is 13.6. The van der Waals surface area contributed by atoms with Crippen LogP contribution < -0.4 is 10.1 Å². The van der Waals surface area contributed by atoms with E-state index in [0.29, 0.717) is 30.7 Å². The van der Waals surface area contributed by atoms with E-state index in [-0.39, 0.29) is 36.6 Å². The number of carbonyl (C=O) groups excluding carboxylic acids is 1. The number of halogens is 3. The number of rotatable bonds is 4. The molecular formula is C27H29F3N2O2S. The average Bonchev–Trinajstić information content (AvgIpc) is 3.24. The Morgan fingerprint density at radius 1 is 1.09 bits per heavy atom. The van der Waals surface area contributed by atoms with E-state index in [0.717, 1.165) is 32.7 Å². The Morgan fingerprint density at radius 3 is 2.54 bits per heavy atom. The number of aromatic nitrogens is 1. The fourth-order valence-corrected chi connectivity index (χ4v) is 6.91. The van der Waals surface area contributed by atoms with Crippen LogP contribution in [0.2, 0.25) is 0 Å². The summed E-state index contributed by atoms with van der Waals surface area (Å²) in [6.45, 7) is 4.63. The Bertz CT molecular complexity index is 1230. The molecule has 1 fully saturated rings. The van der Waals surface area contributed by atoms with E-state index in [4.69, 9.17) is 4.74 Å². The van der Waals surface area contributed by atoms with E-state index in [1.807, 2.05) is 44.2 Å². The minimum Gasteiger partial charge on any atom is -0.493 e. The summed E-state index contributed by atoms with van der Waals surface area (Å²) in [5, 5.41) is 3.21. The van der Waals surface area contributed by atoms with Crippen molar-refractivity contribution in [3.8, 4) is 5.75 Å². The van der Waals surface area contributed by atoms with Gasteiger partial charge in [0.15, 0.2) is 0 Å². The third kappa shape index (κ3) is 4.65. The molecule has 1 aromatic carbocycles. The predicted molar refractivity (Wildman–Crippen MR) is 131 cm³/mol. The molecule has 1 amide bonds. The second-order valence-electron chi connectivity index (χ2n) is 9.87. The maximum Gasteiger partial charge on any atom is 0.391 e. The van der Waals surface area contributed by atoms with E-state index in [1.165, 1.54) is 11.3 Å². The molecule has 1 aliphatic heterocycles. The second kappa shape index (κ2) is 9.45. The fraction of sp³-hybridized carbons (Fsp3) is 0.481. The molecule has 5 rings (SSSR count). The summed E-state index contributed by atoms with van der Waals surface area (Å²) in [5.74, 6) is -0.423. The van der Waals surface area contributed by atoms with Crippen LogP contribution in [0, 0.1) is 5.92 Å². The normalized spacial score (nSPS) is 22.6. The van der Waals surface area contributed by atoms with Crippen molar-refractivity contribution >= 4 is 27.5 Å². The Hall–Kier alpha value is -2.61. The number of fused-ring (bicyclic) bond motifs is 2. The van der Waals surface area contributed by atoms with Gasteiger partial charge in [-0.25, -0.2) is 0 Å². The zero-order valence-electron chi connectivity index (χ0n) is 19.8. The number of benzene rings is 1. The number of thiophene rings is 1. The zero-order chi connectivity index (χ0) is 24.7. The van der Waals surface area contributed by atoms with Crippen LogP contribution in [0.25, 0.3) is 10.2 Å². The highest BCUT2D eigenvalue weighted by atomic mass is 32.1. The van der Waals surface area contributed by atoms with E-state index < -0.39 is 12.1 Å². The molecule has 2 aliphatic rings. The van der Waals surface area contributed by atoms with Crippen molar-refractivity contribution in [2.24, 2.45) is 5.92 Å². The van der Waals surface area contributed by atoms with Crippen LogP contribution in [-0.2, 0) is 0 Å². The third-order valence-electron chi connectivity index (χ3n) is 7.32. The molecule has 4 nitrogen and oxygen atoms in total. The van der Waals surface area contributed by atoms with Crippen molar-refractivity contribution in [2.45, 2.75) is 70.0 Å². The SMILES string of the molecule is CC(C)c1c(C(=O)N[C@H]2CCOc3ccccc32)sc2c(C3CCC(C(F)(F)F)CC3)ccnc12. The van der Waals surface area contributed by atoms with Gasteiger partial charge in [0.25, 0.3) is 5.91 Å². The molecule has 0 unspecified atom stereocenters. The van der Waals surface area contributed by atoms with Gasteiger partial charge in [-0.15, -0.1) is 11.3 Å². The van der Waals surface area contributed by atoms with E-state index >= 15 is 0 Å². The van der Waals surface area contributed by atoms with Crippen LogP contribution >= 0.6 is 11.3 Å². The van der Waals surface area contributed by atoms with Crippen molar-refractivity contribution < 1.29 is 22.7 Å². The standard InChI is InChI=1S/C27H29F3N2O2S/c1-15(2)22-23-24(18(11-13-31-23)16-7-9-17(10-8-16)27(28,29)30)35-25(22)26(33)32-20-12-14-34-21-6-4-3-5-19(20)21/h3-6,11,13,15-17,20H,7-10,12,14H2,1-2H3,(H,32,33)/t16?,17?,20-/m0/s1. The van der Waals surface area contributed by atoms with Gasteiger partial charge in [0.1, 0.15) is 5.75 Å². The molecular weight excluding hydrogens is 473 g/mol. The highest BCUT2D eigenvalue weighted by Gasteiger charge is 2.42. The highest BCUT2D eigenvalue weighted by Crippen LogP contribution is 2.46. The lowest BCUT2D eigenvalue weighted by Gasteiger charge is -2.30. The van der Waals surface area contributed by atoms with Gasteiger partial charge >= 0.3 is 6.18 Å². The molecule has 1 N–H and O–H groups in total. The highest BCUT2D eigenvalue weighted by molar-refractivity contribution is 7.21. The summed E-state index contributed by atoms with van der Waals surface area (Å²) < 4.78 is 46.2. The molecule has 8 heteroatoms. The van der Waals surface area contributed by atoms with Crippen molar-refractivity contribution in [1.29, 1.82) is 0 Å². The first-order valence-corrected chi connectivity index (χ1v) is 13.1. The lowest BCUT2D eigenvalue weighted by molar-refractivity contribution is -0.182. The fourth-order valence-electron chi connectivity index (χ4n) is 5.50. The molecule has 0 saturated heterocycles. The van der Waals surface area contributed by atoms with Crippen molar-refractivity contribution in [3.05, 3.63) is 58.1 Å². The zero-order valence-corrected chi connectivity index (χ0v) is 20.6. The summed E-state index contributed by atoms with van der Waals surface area (Å²) >= 11 is 1.43. The summed E-state index contributed by atoms with van der Waals surface area (Å²) in [6, 6.07) is 9.54. The molecule has 3 aromatic rings. The number of alkyl halides is 3. The monoisotopic (exact) mass is 502 g/mol. The van der Waals surface area contributed by atoms with Crippen LogP contribution in [0.15, 0.2) is 36.5 Å². The lowest BCUT2D eigenvalue weighted by atomic mass is 9.78. The first-order valence-electron chi connectivity index (χ1n) is 12.2. The number of para-hydroxylation sites is 1. The predicted octanol–water partition coefficient (Wildman–Crippen LogP) is 7.51. The minimum absolute atomic E-state index is 0.0519. The quantitative estimate of drug-likeness (QED) is 0.402. The van der Waals surface area contributed by atoms with Crippen LogP contribution in [0.1, 0.15) is 90.2 Å². The summed E-state index contributed by atoms with van der Waals surface area (Å²) in [5.41, 5.74) is 3.71. The van der Waals surface area contributed by atoms with Crippen LogP contribution in [0.4, 0.5) is 13.2 Å². The molecule has 0 spiro atoms. The second-order valence-corrected chi connectivity index (χ2v) is 10.9. The number of hydrogen-bond donors (Lipinski definition) is 1. The van der Waals surface area contributed by atoms with Gasteiger partial charge in [-0.2, -0.15) is 13.2 Å². The van der Waals surface area contributed by atoms with E-state index in [2.05, 4.69) is 10.3 Å². The topological polar surface area (TPSA) is 51.2 Å². The van der Waals surface area contributed by atoms with Crippen molar-refractivity contribution in [1.82, 2.24) is 10.3 Å². The number of nitrogens with one attached hydrogen (secondary N) is 1. The van der Waals surface area contributed by atoms with E-state index in [9.17, 15) is 18.0 Å². The molecule has 186 valence electrons. The van der Waals surface area contributed by atoms with Gasteiger partial charge in [0, 0.05) is 23.7 Å². The minimum atomic E-state index is -4.12. The number of carbonyl (C=O) groups is 1. The van der Waals surface area contributed by atoms with Crippen LogP contribution in [-0.4, -0.2) is 23.7 Å². The largest absolute Gasteiger partial charge is 0.493 e. The molecule has 1 atom stereocenters. The van der Waals surface area contributed by atoms with Gasteiger partial charge in [0.2, 0.25) is 0 Å². The Kier molecular flexibility index (Phi) is 6.51. The number of ether oxygens (including phenoxy) is 1. The number of amides is 1. The molecule has 3 heterocycles. The van der Waals surface area contributed by atoms with Crippen LogP contribution in [0.3, 0.4) is 0 Å². The lowest BCUT2D eigenvalue weighted by Crippen LogP contribution is -2.32. The molecule has 35 heavy (non-hydrogen) atoms.